The SMILES string of the molecule is O=C(c1ccc2c(c1)OCO2)N1CCC(C(=O)O)(C(F)(F)F)C1. The molecule has 0 saturated carbocycles. The minimum atomic E-state index is -4.93. The number of carboxylic acids is 1. The molecule has 1 aromatic carbocycles. The van der Waals surface area contributed by atoms with Crippen molar-refractivity contribution in [3.05, 3.63) is 23.8 Å². The molecule has 2 heterocycles. The average molecular weight is 331 g/mol. The van der Waals surface area contributed by atoms with E-state index in [1.54, 1.807) is 0 Å². The van der Waals surface area contributed by atoms with Gasteiger partial charge in [-0.05, 0) is 24.6 Å². The second-order valence-corrected chi connectivity index (χ2v) is 5.43. The zero-order valence-electron chi connectivity index (χ0n) is 11.7. The fourth-order valence-electron chi connectivity index (χ4n) is 2.72. The fourth-order valence-corrected chi connectivity index (χ4v) is 2.72. The van der Waals surface area contributed by atoms with Crippen LogP contribution in [0.2, 0.25) is 0 Å². The van der Waals surface area contributed by atoms with E-state index in [2.05, 4.69) is 0 Å². The molecule has 3 rings (SSSR count). The van der Waals surface area contributed by atoms with Gasteiger partial charge in [0, 0.05) is 18.7 Å². The smallest absolute Gasteiger partial charge is 0.406 e. The highest BCUT2D eigenvalue weighted by Crippen LogP contribution is 2.46. The normalized spacial score (nSPS) is 23.2. The lowest BCUT2D eigenvalue weighted by molar-refractivity contribution is -0.227. The maximum atomic E-state index is 13.1. The highest BCUT2D eigenvalue weighted by molar-refractivity contribution is 5.95. The Kier molecular flexibility index (Phi) is 3.38. The van der Waals surface area contributed by atoms with Crippen LogP contribution in [0.1, 0.15) is 16.8 Å². The minimum Gasteiger partial charge on any atom is -0.481 e. The van der Waals surface area contributed by atoms with Gasteiger partial charge in [-0.2, -0.15) is 13.2 Å². The summed E-state index contributed by atoms with van der Waals surface area (Å²) in [7, 11) is 0. The van der Waals surface area contributed by atoms with Gasteiger partial charge in [0.25, 0.3) is 5.91 Å². The summed E-state index contributed by atoms with van der Waals surface area (Å²) in [5.41, 5.74) is -2.79. The van der Waals surface area contributed by atoms with Gasteiger partial charge in [0.2, 0.25) is 6.79 Å². The number of alkyl halides is 3. The van der Waals surface area contributed by atoms with Crippen LogP contribution < -0.4 is 9.47 Å². The Labute approximate surface area is 128 Å². The summed E-state index contributed by atoms with van der Waals surface area (Å²) in [6.07, 6.45) is -5.59. The predicted octanol–water partition coefficient (Wildman–Crippen LogP) is 1.89. The van der Waals surface area contributed by atoms with Gasteiger partial charge in [-0.25, -0.2) is 0 Å². The number of ether oxygens (including phenoxy) is 2. The number of carboxylic acid groups (broad SMARTS) is 1. The molecule has 2 aliphatic rings. The number of nitrogens with zero attached hydrogens (tertiary/aromatic N) is 1. The number of carbonyl (C=O) groups excluding carboxylic acids is 1. The van der Waals surface area contributed by atoms with Gasteiger partial charge in [-0.3, -0.25) is 9.59 Å². The number of rotatable bonds is 2. The predicted molar refractivity (Wildman–Crippen MR) is 69.2 cm³/mol. The van der Waals surface area contributed by atoms with E-state index in [0.717, 1.165) is 4.90 Å². The number of amides is 1. The largest absolute Gasteiger partial charge is 0.481 e. The highest BCUT2D eigenvalue weighted by Gasteiger charge is 2.64. The van der Waals surface area contributed by atoms with Crippen molar-refractivity contribution in [3.63, 3.8) is 0 Å². The van der Waals surface area contributed by atoms with Gasteiger partial charge in [-0.1, -0.05) is 0 Å². The van der Waals surface area contributed by atoms with Crippen LogP contribution in [0, 0.1) is 5.41 Å². The third kappa shape index (κ3) is 2.36. The third-order valence-corrected chi connectivity index (χ3v) is 4.13. The molecule has 23 heavy (non-hydrogen) atoms. The number of aliphatic carboxylic acids is 1. The number of fused-ring (bicyclic) bond motifs is 1. The Morgan fingerprint density at radius 3 is 2.52 bits per heavy atom. The van der Waals surface area contributed by atoms with Crippen molar-refractivity contribution in [1.29, 1.82) is 0 Å². The van der Waals surface area contributed by atoms with Crippen molar-refractivity contribution in [1.82, 2.24) is 4.90 Å². The van der Waals surface area contributed by atoms with Gasteiger partial charge < -0.3 is 19.5 Å². The van der Waals surface area contributed by atoms with Crippen molar-refractivity contribution >= 4 is 11.9 Å². The second-order valence-electron chi connectivity index (χ2n) is 5.43. The Morgan fingerprint density at radius 2 is 1.91 bits per heavy atom. The van der Waals surface area contributed by atoms with Crippen molar-refractivity contribution in [2.45, 2.75) is 12.6 Å². The lowest BCUT2D eigenvalue weighted by Gasteiger charge is -2.27. The van der Waals surface area contributed by atoms with Crippen LogP contribution in [-0.4, -0.2) is 47.9 Å². The average Bonchev–Trinajstić information content (AvgIpc) is 3.12. The number of carbonyl (C=O) groups is 2. The first-order chi connectivity index (χ1) is 10.7. The number of halogens is 3. The molecule has 124 valence electrons. The number of likely N-dealkylation sites (tertiary alicyclic amines) is 1. The standard InChI is InChI=1S/C14H12F3NO5/c15-14(16,17)13(12(20)21)3-4-18(6-13)11(19)8-1-2-9-10(5-8)23-7-22-9/h1-2,5H,3-4,6-7H2,(H,20,21). The molecule has 1 fully saturated rings. The lowest BCUT2D eigenvalue weighted by Crippen LogP contribution is -2.47. The zero-order valence-corrected chi connectivity index (χ0v) is 11.7. The monoisotopic (exact) mass is 331 g/mol. The summed E-state index contributed by atoms with van der Waals surface area (Å²) in [4.78, 5) is 24.4. The molecule has 1 saturated heterocycles. The molecular formula is C14H12F3NO5. The molecule has 2 aliphatic heterocycles. The van der Waals surface area contributed by atoms with Crippen LogP contribution in [0.4, 0.5) is 13.2 Å². The van der Waals surface area contributed by atoms with Gasteiger partial charge in [0.05, 0.1) is 0 Å². The Hall–Kier alpha value is -2.45. The van der Waals surface area contributed by atoms with E-state index in [-0.39, 0.29) is 18.9 Å². The lowest BCUT2D eigenvalue weighted by atomic mass is 9.86. The second kappa shape index (κ2) is 5.04. The first-order valence-electron chi connectivity index (χ1n) is 6.74. The zero-order chi connectivity index (χ0) is 16.8. The Bertz CT molecular complexity index is 675. The van der Waals surface area contributed by atoms with E-state index >= 15 is 0 Å². The molecule has 0 spiro atoms. The topological polar surface area (TPSA) is 76.1 Å². The molecule has 1 unspecified atom stereocenters. The van der Waals surface area contributed by atoms with Crippen LogP contribution in [0.5, 0.6) is 11.5 Å². The molecule has 0 aliphatic carbocycles. The van der Waals surface area contributed by atoms with Crippen LogP contribution in [0.15, 0.2) is 18.2 Å². The summed E-state index contributed by atoms with van der Waals surface area (Å²) in [6.45, 7) is -1.18. The maximum absolute atomic E-state index is 13.1. The Morgan fingerprint density at radius 1 is 1.22 bits per heavy atom. The number of hydrogen-bond donors (Lipinski definition) is 1. The van der Waals surface area contributed by atoms with Gasteiger partial charge in [0.1, 0.15) is 0 Å². The number of benzene rings is 1. The van der Waals surface area contributed by atoms with E-state index in [4.69, 9.17) is 14.6 Å². The molecule has 9 heteroatoms. The van der Waals surface area contributed by atoms with E-state index in [1.165, 1.54) is 18.2 Å². The quantitative estimate of drug-likeness (QED) is 0.896. The molecule has 1 aromatic rings. The molecule has 1 atom stereocenters. The molecule has 0 bridgehead atoms. The summed E-state index contributed by atoms with van der Waals surface area (Å²) in [5, 5.41) is 9.00. The third-order valence-electron chi connectivity index (χ3n) is 4.13. The van der Waals surface area contributed by atoms with Crippen molar-refractivity contribution in [3.8, 4) is 11.5 Å². The van der Waals surface area contributed by atoms with E-state index < -0.39 is 36.4 Å². The van der Waals surface area contributed by atoms with Gasteiger partial charge in [0.15, 0.2) is 16.9 Å². The highest BCUT2D eigenvalue weighted by atomic mass is 19.4. The number of hydrogen-bond acceptors (Lipinski definition) is 4. The van der Waals surface area contributed by atoms with Crippen molar-refractivity contribution in [2.75, 3.05) is 19.9 Å². The minimum absolute atomic E-state index is 0.00684. The van der Waals surface area contributed by atoms with E-state index in [0.29, 0.717) is 11.5 Å². The van der Waals surface area contributed by atoms with Crippen LogP contribution >= 0.6 is 0 Å². The molecular weight excluding hydrogens is 319 g/mol. The van der Waals surface area contributed by atoms with Crippen molar-refractivity contribution in [2.24, 2.45) is 5.41 Å². The van der Waals surface area contributed by atoms with E-state index in [1.807, 2.05) is 0 Å². The van der Waals surface area contributed by atoms with Gasteiger partial charge in [-0.15, -0.1) is 0 Å². The maximum Gasteiger partial charge on any atom is 0.406 e. The molecule has 0 radical (unpaired) electrons. The summed E-state index contributed by atoms with van der Waals surface area (Å²) >= 11 is 0. The summed E-state index contributed by atoms with van der Waals surface area (Å²) in [6, 6.07) is 4.27. The van der Waals surface area contributed by atoms with Gasteiger partial charge >= 0.3 is 12.1 Å². The first-order valence-corrected chi connectivity index (χ1v) is 6.74. The summed E-state index contributed by atoms with van der Waals surface area (Å²) in [5.74, 6) is -1.87. The van der Waals surface area contributed by atoms with Crippen LogP contribution in [-0.2, 0) is 4.79 Å². The summed E-state index contributed by atoms with van der Waals surface area (Å²) < 4.78 is 49.6. The Balaban J connectivity index is 1.83. The van der Waals surface area contributed by atoms with Crippen LogP contribution in [0.25, 0.3) is 0 Å². The fraction of sp³-hybridized carbons (Fsp3) is 0.429. The molecule has 6 nitrogen and oxygen atoms in total. The van der Waals surface area contributed by atoms with Crippen molar-refractivity contribution < 1.29 is 37.3 Å². The molecule has 0 aromatic heterocycles. The van der Waals surface area contributed by atoms with Crippen LogP contribution in [0.3, 0.4) is 0 Å². The molecule has 1 amide bonds. The van der Waals surface area contributed by atoms with E-state index in [9.17, 15) is 22.8 Å². The first kappa shape index (κ1) is 15.4. The molecule has 1 N–H and O–H groups in total.